The van der Waals surface area contributed by atoms with Gasteiger partial charge in [0, 0.05) is 37.4 Å². The second-order valence-electron chi connectivity index (χ2n) is 7.13. The average molecular weight is 390 g/mol. The molecule has 0 spiro atoms. The summed E-state index contributed by atoms with van der Waals surface area (Å²) >= 11 is 0. The van der Waals surface area contributed by atoms with Gasteiger partial charge in [-0.25, -0.2) is 0 Å². The molecule has 1 aliphatic carbocycles. The van der Waals surface area contributed by atoms with E-state index in [-0.39, 0.29) is 47.9 Å². The number of carbonyl (C=O) groups is 1. The van der Waals surface area contributed by atoms with Crippen molar-refractivity contribution in [3.63, 3.8) is 0 Å². The van der Waals surface area contributed by atoms with Crippen LogP contribution in [0.3, 0.4) is 0 Å². The van der Waals surface area contributed by atoms with Crippen molar-refractivity contribution in [1.29, 1.82) is 0 Å². The predicted molar refractivity (Wildman–Crippen MR) is 106 cm³/mol. The molecule has 0 aromatic heterocycles. The number of hydrogen-bond acceptors (Lipinski definition) is 4. The van der Waals surface area contributed by atoms with Crippen LogP contribution in [0.5, 0.6) is 5.75 Å². The number of nitrogens with two attached hydrogens (primary N) is 1. The maximum atomic E-state index is 12.9. The van der Waals surface area contributed by atoms with Gasteiger partial charge in [-0.1, -0.05) is 12.8 Å². The summed E-state index contributed by atoms with van der Waals surface area (Å²) in [7, 11) is 0. The molecule has 1 aromatic carbocycles. The van der Waals surface area contributed by atoms with Gasteiger partial charge in [0.25, 0.3) is 0 Å². The minimum Gasteiger partial charge on any atom is -0.508 e. The number of phenols is 1. The molecule has 3 N–H and O–H groups in total. The molecular weight excluding hydrogens is 361 g/mol. The number of hydrogen-bond donors (Lipinski definition) is 2. The molecule has 7 heteroatoms. The van der Waals surface area contributed by atoms with E-state index in [1.165, 1.54) is 0 Å². The Labute approximate surface area is 162 Å². The highest BCUT2D eigenvalue weighted by Crippen LogP contribution is 2.33. The third kappa shape index (κ3) is 4.93. The van der Waals surface area contributed by atoms with Gasteiger partial charge >= 0.3 is 0 Å². The largest absolute Gasteiger partial charge is 0.508 e. The fraction of sp³-hybridized carbons (Fsp3) is 0.611. The molecule has 1 saturated heterocycles. The minimum atomic E-state index is -0.358. The Morgan fingerprint density at radius 1 is 1.12 bits per heavy atom. The molecule has 25 heavy (non-hydrogen) atoms. The highest BCUT2D eigenvalue weighted by molar-refractivity contribution is 5.85. The Balaban J connectivity index is 0.00000156. The number of benzene rings is 1. The van der Waals surface area contributed by atoms with Crippen LogP contribution in [0.25, 0.3) is 0 Å². The fourth-order valence-corrected chi connectivity index (χ4v) is 3.83. The van der Waals surface area contributed by atoms with E-state index in [2.05, 4.69) is 4.90 Å². The number of amides is 1. The number of piperazine rings is 1. The van der Waals surface area contributed by atoms with E-state index in [1.54, 1.807) is 12.1 Å². The van der Waals surface area contributed by atoms with Gasteiger partial charge in [-0.05, 0) is 44.0 Å². The number of rotatable bonds is 2. The first-order chi connectivity index (χ1) is 11.0. The van der Waals surface area contributed by atoms with Gasteiger partial charge in [-0.2, -0.15) is 0 Å². The van der Waals surface area contributed by atoms with Crippen LogP contribution in [-0.2, 0) is 4.79 Å². The van der Waals surface area contributed by atoms with E-state index in [4.69, 9.17) is 5.73 Å². The molecule has 5 nitrogen and oxygen atoms in total. The standard InChI is InChI=1S/C18H27N3O2.2ClH/c1-18(19)9-3-2-4-16(18)17(23)21-12-10-20(11-13-21)14-5-7-15(22)8-6-14;;/h5-8,16,22H,2-4,9-13,19H2,1H3;2*1H. The first-order valence-electron chi connectivity index (χ1n) is 8.59. The van der Waals surface area contributed by atoms with Crippen molar-refractivity contribution >= 4 is 36.4 Å². The Kier molecular flexibility index (Phi) is 7.85. The summed E-state index contributed by atoms with van der Waals surface area (Å²) < 4.78 is 0. The van der Waals surface area contributed by atoms with Crippen LogP contribution < -0.4 is 10.6 Å². The number of halogens is 2. The summed E-state index contributed by atoms with van der Waals surface area (Å²) in [6.07, 6.45) is 4.10. The molecule has 2 fully saturated rings. The smallest absolute Gasteiger partial charge is 0.227 e. The van der Waals surface area contributed by atoms with Crippen LogP contribution in [0.2, 0.25) is 0 Å². The maximum absolute atomic E-state index is 12.9. The van der Waals surface area contributed by atoms with Crippen molar-refractivity contribution < 1.29 is 9.90 Å². The van der Waals surface area contributed by atoms with Gasteiger partial charge < -0.3 is 20.6 Å². The van der Waals surface area contributed by atoms with Gasteiger partial charge in [0.2, 0.25) is 5.91 Å². The van der Waals surface area contributed by atoms with E-state index >= 15 is 0 Å². The van der Waals surface area contributed by atoms with E-state index in [1.807, 2.05) is 24.0 Å². The molecule has 2 aliphatic rings. The lowest BCUT2D eigenvalue weighted by atomic mass is 9.74. The first kappa shape index (κ1) is 21.9. The van der Waals surface area contributed by atoms with E-state index in [0.29, 0.717) is 0 Å². The van der Waals surface area contributed by atoms with Gasteiger partial charge in [0.05, 0.1) is 5.92 Å². The summed E-state index contributed by atoms with van der Waals surface area (Å²) in [5.74, 6) is 0.485. The van der Waals surface area contributed by atoms with Crippen molar-refractivity contribution in [2.24, 2.45) is 11.7 Å². The Morgan fingerprint density at radius 2 is 1.72 bits per heavy atom. The summed E-state index contributed by atoms with van der Waals surface area (Å²) in [5, 5.41) is 9.38. The second-order valence-corrected chi connectivity index (χ2v) is 7.13. The van der Waals surface area contributed by atoms with Crippen LogP contribution in [0, 0.1) is 5.92 Å². The summed E-state index contributed by atoms with van der Waals surface area (Å²) in [5.41, 5.74) is 7.12. The molecule has 1 aromatic rings. The quantitative estimate of drug-likeness (QED) is 0.815. The number of nitrogens with zero attached hydrogens (tertiary/aromatic N) is 2. The fourth-order valence-electron chi connectivity index (χ4n) is 3.83. The van der Waals surface area contributed by atoms with Crippen molar-refractivity contribution in [3.05, 3.63) is 24.3 Å². The lowest BCUT2D eigenvalue weighted by molar-refractivity contribution is -0.139. The zero-order valence-corrected chi connectivity index (χ0v) is 16.3. The average Bonchev–Trinajstić information content (AvgIpc) is 2.55. The van der Waals surface area contributed by atoms with Crippen LogP contribution in [-0.4, -0.2) is 47.6 Å². The Morgan fingerprint density at radius 3 is 2.28 bits per heavy atom. The second kappa shape index (κ2) is 8.97. The van der Waals surface area contributed by atoms with E-state index in [9.17, 15) is 9.90 Å². The molecule has 142 valence electrons. The molecule has 3 rings (SSSR count). The van der Waals surface area contributed by atoms with Gasteiger partial charge in [0.15, 0.2) is 0 Å². The predicted octanol–water partition coefficient (Wildman–Crippen LogP) is 2.79. The highest BCUT2D eigenvalue weighted by atomic mass is 35.5. The van der Waals surface area contributed by atoms with Crippen LogP contribution in [0.15, 0.2) is 24.3 Å². The number of anilines is 1. The highest BCUT2D eigenvalue weighted by Gasteiger charge is 2.40. The minimum absolute atomic E-state index is 0. The summed E-state index contributed by atoms with van der Waals surface area (Å²) in [4.78, 5) is 17.1. The third-order valence-electron chi connectivity index (χ3n) is 5.36. The summed E-state index contributed by atoms with van der Waals surface area (Å²) in [6.45, 7) is 5.16. The molecular formula is C18H29Cl2N3O2. The Hall–Kier alpha value is -1.17. The zero-order valence-electron chi connectivity index (χ0n) is 14.7. The molecule has 2 unspecified atom stereocenters. The van der Waals surface area contributed by atoms with Crippen molar-refractivity contribution in [2.45, 2.75) is 38.1 Å². The van der Waals surface area contributed by atoms with Gasteiger partial charge in [-0.3, -0.25) is 4.79 Å². The molecule has 1 saturated carbocycles. The van der Waals surface area contributed by atoms with E-state index in [0.717, 1.165) is 57.5 Å². The topological polar surface area (TPSA) is 69.8 Å². The SMILES string of the molecule is CC1(N)CCCCC1C(=O)N1CCN(c2ccc(O)cc2)CC1.Cl.Cl. The first-order valence-corrected chi connectivity index (χ1v) is 8.59. The number of aromatic hydroxyl groups is 1. The van der Waals surface area contributed by atoms with Gasteiger partial charge in [-0.15, -0.1) is 24.8 Å². The molecule has 0 radical (unpaired) electrons. The normalized spacial score (nSPS) is 26.4. The van der Waals surface area contributed by atoms with Crippen molar-refractivity contribution in [2.75, 3.05) is 31.1 Å². The maximum Gasteiger partial charge on any atom is 0.227 e. The molecule has 1 aliphatic heterocycles. The monoisotopic (exact) mass is 389 g/mol. The molecule has 1 heterocycles. The van der Waals surface area contributed by atoms with Gasteiger partial charge in [0.1, 0.15) is 5.75 Å². The molecule has 1 amide bonds. The van der Waals surface area contributed by atoms with Crippen LogP contribution in [0.1, 0.15) is 32.6 Å². The lowest BCUT2D eigenvalue weighted by Crippen LogP contribution is -2.57. The van der Waals surface area contributed by atoms with Crippen LogP contribution in [0.4, 0.5) is 5.69 Å². The summed E-state index contributed by atoms with van der Waals surface area (Å²) in [6, 6.07) is 7.25. The van der Waals surface area contributed by atoms with E-state index < -0.39 is 0 Å². The zero-order chi connectivity index (χ0) is 16.4. The molecule has 0 bridgehead atoms. The van der Waals surface area contributed by atoms with Crippen molar-refractivity contribution in [3.8, 4) is 5.75 Å². The third-order valence-corrected chi connectivity index (χ3v) is 5.36. The number of phenolic OH excluding ortho intramolecular Hbond substituents is 1. The lowest BCUT2D eigenvalue weighted by Gasteiger charge is -2.42. The molecule has 2 atom stereocenters. The van der Waals surface area contributed by atoms with Crippen LogP contribution >= 0.6 is 24.8 Å². The number of carbonyl (C=O) groups excluding carboxylic acids is 1. The van der Waals surface area contributed by atoms with Crippen molar-refractivity contribution in [1.82, 2.24) is 4.90 Å². The Bertz CT molecular complexity index is 558.